The van der Waals surface area contributed by atoms with Gasteiger partial charge in [0, 0.05) is 31.0 Å². The number of nitrogens with zero attached hydrogens (tertiary/aromatic N) is 2. The molecule has 0 bridgehead atoms. The summed E-state index contributed by atoms with van der Waals surface area (Å²) in [6.07, 6.45) is 6.27. The van der Waals surface area contributed by atoms with Gasteiger partial charge in [-0.2, -0.15) is 0 Å². The molecule has 3 rings (SSSR count). The number of benzene rings is 1. The number of rotatable bonds is 3. The van der Waals surface area contributed by atoms with E-state index in [1.54, 1.807) is 6.20 Å². The van der Waals surface area contributed by atoms with E-state index in [9.17, 15) is 5.11 Å². The van der Waals surface area contributed by atoms with Gasteiger partial charge in [0.25, 0.3) is 0 Å². The van der Waals surface area contributed by atoms with Crippen LogP contribution in [0.25, 0.3) is 6.08 Å². The van der Waals surface area contributed by atoms with E-state index in [1.807, 2.05) is 42.6 Å². The fourth-order valence-corrected chi connectivity index (χ4v) is 2.43. The number of hydrogen-bond donors (Lipinski definition) is 1. The summed E-state index contributed by atoms with van der Waals surface area (Å²) in [6, 6.07) is 11.9. The highest BCUT2D eigenvalue weighted by Crippen LogP contribution is 2.31. The number of aliphatic hydroxyl groups excluding tert-OH is 1. The van der Waals surface area contributed by atoms with Gasteiger partial charge in [0.05, 0.1) is 5.36 Å². The maximum atomic E-state index is 9.33. The van der Waals surface area contributed by atoms with E-state index in [0.29, 0.717) is 6.42 Å². The fraction of sp³-hybridized carbons (Fsp3) is 0.200. The van der Waals surface area contributed by atoms with Crippen molar-refractivity contribution in [2.45, 2.75) is 12.0 Å². The maximum absolute atomic E-state index is 9.33. The van der Waals surface area contributed by atoms with Crippen LogP contribution in [-0.4, -0.2) is 16.7 Å². The van der Waals surface area contributed by atoms with Gasteiger partial charge in [0.1, 0.15) is 5.54 Å². The van der Waals surface area contributed by atoms with E-state index in [0.717, 1.165) is 16.1 Å². The molecule has 3 heteroatoms. The minimum absolute atomic E-state index is 0.100. The molecule has 1 aromatic carbocycles. The first-order valence-electron chi connectivity index (χ1n) is 6.03. The summed E-state index contributed by atoms with van der Waals surface area (Å²) in [4.78, 5) is 8.95. The quantitative estimate of drug-likeness (QED) is 0.858. The second-order valence-electron chi connectivity index (χ2n) is 4.45. The molecule has 0 spiro atoms. The lowest BCUT2D eigenvalue weighted by molar-refractivity contribution is 0.263. The molecule has 1 aliphatic heterocycles. The maximum Gasteiger partial charge on any atom is 0.109 e. The zero-order valence-corrected chi connectivity index (χ0v) is 9.95. The molecule has 0 amide bonds. The number of para-hydroxylation sites is 1. The summed E-state index contributed by atoms with van der Waals surface area (Å²) in [5.41, 5.74) is 0.558. The van der Waals surface area contributed by atoms with E-state index < -0.39 is 5.54 Å². The van der Waals surface area contributed by atoms with Crippen molar-refractivity contribution in [2.24, 2.45) is 4.99 Å². The third-order valence-electron chi connectivity index (χ3n) is 3.31. The van der Waals surface area contributed by atoms with Crippen molar-refractivity contribution in [2.75, 3.05) is 6.61 Å². The molecule has 0 radical (unpaired) electrons. The van der Waals surface area contributed by atoms with Crippen molar-refractivity contribution >= 4 is 6.08 Å². The van der Waals surface area contributed by atoms with Crippen LogP contribution in [0, 0.1) is 0 Å². The number of hydrogen-bond acceptors (Lipinski definition) is 3. The summed E-state index contributed by atoms with van der Waals surface area (Å²) in [6.45, 7) is 0.100. The predicted molar refractivity (Wildman–Crippen MR) is 69.3 cm³/mol. The van der Waals surface area contributed by atoms with Crippen LogP contribution in [0.15, 0.2) is 53.8 Å². The summed E-state index contributed by atoms with van der Waals surface area (Å²) in [5, 5.41) is 11.4. The summed E-state index contributed by atoms with van der Waals surface area (Å²) >= 11 is 0. The van der Waals surface area contributed by atoms with Gasteiger partial charge in [0.2, 0.25) is 0 Å². The van der Waals surface area contributed by atoms with Crippen LogP contribution < -0.4 is 10.6 Å². The molecular weight excluding hydrogens is 224 g/mol. The molecule has 3 nitrogen and oxygen atoms in total. The van der Waals surface area contributed by atoms with E-state index in [-0.39, 0.29) is 6.61 Å². The van der Waals surface area contributed by atoms with Gasteiger partial charge < -0.3 is 5.11 Å². The monoisotopic (exact) mass is 238 g/mol. The normalized spacial score (nSPS) is 20.9. The highest BCUT2D eigenvalue weighted by Gasteiger charge is 2.31. The number of fused-ring (bicyclic) bond motifs is 1. The molecule has 0 saturated carbocycles. The van der Waals surface area contributed by atoms with Gasteiger partial charge in [-0.05, 0) is 23.4 Å². The standard InChI is InChI=1S/C15H14N2O/c18-9-7-15(13-5-3-8-16-11-13)10-12-4-1-2-6-14(12)17-15/h1-6,8,10-11,18H,7,9H2. The summed E-state index contributed by atoms with van der Waals surface area (Å²) < 4.78 is 0. The molecule has 0 aliphatic carbocycles. The van der Waals surface area contributed by atoms with Crippen molar-refractivity contribution in [1.82, 2.24) is 4.98 Å². The third kappa shape index (κ3) is 1.73. The molecule has 1 N–H and O–H groups in total. The highest BCUT2D eigenvalue weighted by atomic mass is 16.3. The van der Waals surface area contributed by atoms with E-state index in [4.69, 9.17) is 4.99 Å². The van der Waals surface area contributed by atoms with Gasteiger partial charge in [-0.3, -0.25) is 9.98 Å². The Morgan fingerprint density at radius 3 is 2.72 bits per heavy atom. The minimum Gasteiger partial charge on any atom is -0.396 e. The van der Waals surface area contributed by atoms with E-state index in [2.05, 4.69) is 11.1 Å². The van der Waals surface area contributed by atoms with Crippen molar-refractivity contribution in [3.63, 3.8) is 0 Å². The van der Waals surface area contributed by atoms with E-state index in [1.165, 1.54) is 0 Å². The summed E-state index contributed by atoms with van der Waals surface area (Å²) in [5.74, 6) is 0. The van der Waals surface area contributed by atoms with Gasteiger partial charge in [-0.15, -0.1) is 0 Å². The van der Waals surface area contributed by atoms with Crippen LogP contribution in [0.3, 0.4) is 0 Å². The molecule has 2 heterocycles. The largest absolute Gasteiger partial charge is 0.396 e. The van der Waals surface area contributed by atoms with Crippen molar-refractivity contribution in [3.05, 3.63) is 64.9 Å². The molecule has 1 aromatic heterocycles. The zero-order chi connectivity index (χ0) is 12.4. The molecule has 2 aromatic rings. The number of pyridine rings is 1. The lowest BCUT2D eigenvalue weighted by Crippen LogP contribution is -2.21. The topological polar surface area (TPSA) is 45.5 Å². The lowest BCUT2D eigenvalue weighted by Gasteiger charge is -2.23. The first-order chi connectivity index (χ1) is 8.84. The van der Waals surface area contributed by atoms with Gasteiger partial charge in [0.15, 0.2) is 0 Å². The first kappa shape index (κ1) is 11.1. The fourth-order valence-electron chi connectivity index (χ4n) is 2.43. The Kier molecular flexibility index (Phi) is 2.68. The molecule has 0 saturated heterocycles. The van der Waals surface area contributed by atoms with E-state index >= 15 is 0 Å². The zero-order valence-electron chi connectivity index (χ0n) is 9.95. The molecular formula is C15H14N2O. The molecule has 1 unspecified atom stereocenters. The third-order valence-corrected chi connectivity index (χ3v) is 3.31. The van der Waals surface area contributed by atoms with Gasteiger partial charge in [-0.1, -0.05) is 24.3 Å². The van der Waals surface area contributed by atoms with Crippen LogP contribution in [0.1, 0.15) is 12.0 Å². The molecule has 0 fully saturated rings. The average molecular weight is 238 g/mol. The van der Waals surface area contributed by atoms with Gasteiger partial charge in [-0.25, -0.2) is 0 Å². The Morgan fingerprint density at radius 1 is 1.11 bits per heavy atom. The Labute approximate surface area is 105 Å². The average Bonchev–Trinajstić information content (AvgIpc) is 2.79. The smallest absolute Gasteiger partial charge is 0.109 e. The van der Waals surface area contributed by atoms with Crippen LogP contribution in [0.5, 0.6) is 0 Å². The highest BCUT2D eigenvalue weighted by molar-refractivity contribution is 5.48. The number of aromatic nitrogens is 1. The molecule has 18 heavy (non-hydrogen) atoms. The van der Waals surface area contributed by atoms with Crippen LogP contribution in [0.2, 0.25) is 0 Å². The Balaban J connectivity index is 2.20. The molecule has 1 atom stereocenters. The first-order valence-corrected chi connectivity index (χ1v) is 6.03. The Hall–Kier alpha value is -2.00. The Morgan fingerprint density at radius 2 is 2.00 bits per heavy atom. The minimum atomic E-state index is -0.466. The SMILES string of the molecule is OCCC1(c2cccnc2)C=c2ccccc2=N1. The lowest BCUT2D eigenvalue weighted by atomic mass is 9.89. The predicted octanol–water partition coefficient (Wildman–Crippen LogP) is 0.773. The van der Waals surface area contributed by atoms with Crippen LogP contribution in [-0.2, 0) is 5.54 Å². The van der Waals surface area contributed by atoms with Crippen molar-refractivity contribution < 1.29 is 5.11 Å². The van der Waals surface area contributed by atoms with Crippen LogP contribution >= 0.6 is 0 Å². The van der Waals surface area contributed by atoms with Crippen molar-refractivity contribution in [1.29, 1.82) is 0 Å². The second-order valence-corrected chi connectivity index (χ2v) is 4.45. The number of aliphatic hydroxyl groups is 1. The summed E-state index contributed by atoms with van der Waals surface area (Å²) in [7, 11) is 0. The van der Waals surface area contributed by atoms with Gasteiger partial charge >= 0.3 is 0 Å². The molecule has 1 aliphatic rings. The molecule has 90 valence electrons. The Bertz CT molecular complexity index is 629. The van der Waals surface area contributed by atoms with Crippen molar-refractivity contribution in [3.8, 4) is 0 Å². The second kappa shape index (κ2) is 4.35. The van der Waals surface area contributed by atoms with Crippen LogP contribution in [0.4, 0.5) is 0 Å².